The van der Waals surface area contributed by atoms with Crippen LogP contribution < -0.4 is 0 Å². The molecule has 0 aromatic rings. The molecule has 2 fully saturated rings. The predicted molar refractivity (Wildman–Crippen MR) is 99.7 cm³/mol. The molecule has 4 atom stereocenters. The molecule has 1 N–H and O–H groups in total. The molecule has 25 heavy (non-hydrogen) atoms. The van der Waals surface area contributed by atoms with E-state index < -0.39 is 5.97 Å². The van der Waals surface area contributed by atoms with Gasteiger partial charge in [-0.25, -0.2) is 0 Å². The van der Waals surface area contributed by atoms with E-state index in [0.29, 0.717) is 24.0 Å². The molecule has 0 unspecified atom stereocenters. The van der Waals surface area contributed by atoms with Crippen molar-refractivity contribution in [3.05, 3.63) is 12.2 Å². The number of hydrogen-bond donors (Lipinski definition) is 1. The molecule has 144 valence electrons. The van der Waals surface area contributed by atoms with Crippen LogP contribution in [0.5, 0.6) is 0 Å². The predicted octanol–water partition coefficient (Wildman–Crippen LogP) is 4.97. The van der Waals surface area contributed by atoms with Crippen molar-refractivity contribution < 1.29 is 19.4 Å². The third-order valence-corrected chi connectivity index (χ3v) is 5.66. The summed E-state index contributed by atoms with van der Waals surface area (Å²) in [5, 5.41) is 8.66. The van der Waals surface area contributed by atoms with E-state index in [2.05, 4.69) is 19.1 Å². The minimum atomic E-state index is -0.704. The molecule has 0 aromatic heterocycles. The van der Waals surface area contributed by atoms with E-state index >= 15 is 0 Å². The number of allylic oxidation sites excluding steroid dienone is 2. The topological polar surface area (TPSA) is 55.8 Å². The maximum Gasteiger partial charge on any atom is 0.303 e. The molecule has 2 heterocycles. The first-order valence-corrected chi connectivity index (χ1v) is 10.3. The smallest absolute Gasteiger partial charge is 0.303 e. The van der Waals surface area contributed by atoms with Crippen molar-refractivity contribution in [2.45, 2.75) is 89.8 Å². The minimum absolute atomic E-state index is 0.264. The molecule has 4 nitrogen and oxygen atoms in total. The minimum Gasteiger partial charge on any atom is -0.481 e. The summed E-state index contributed by atoms with van der Waals surface area (Å²) in [6.45, 7) is 3.99. The lowest BCUT2D eigenvalue weighted by Gasteiger charge is -2.27. The third kappa shape index (κ3) is 7.10. The van der Waals surface area contributed by atoms with Gasteiger partial charge in [0.1, 0.15) is 0 Å². The molecule has 0 radical (unpaired) electrons. The van der Waals surface area contributed by atoms with Gasteiger partial charge in [0.05, 0.1) is 12.2 Å². The molecule has 0 saturated carbocycles. The van der Waals surface area contributed by atoms with E-state index in [1.807, 2.05) is 0 Å². The van der Waals surface area contributed by atoms with Gasteiger partial charge in [-0.1, -0.05) is 38.3 Å². The van der Waals surface area contributed by atoms with Gasteiger partial charge in [0, 0.05) is 19.6 Å². The monoisotopic (exact) mass is 352 g/mol. The lowest BCUT2D eigenvalue weighted by Crippen LogP contribution is -2.28. The van der Waals surface area contributed by atoms with E-state index in [0.717, 1.165) is 38.9 Å². The standard InChI is InChI=1S/C21H36O4/c1-2-3-4-9-15-24-16-14-18-17(19-12-13-20(18)25-19)10-7-5-6-8-11-21(22)23/h5,7,17-20H,2-4,6,8-16H2,1H3,(H,22,23)/t17-,18+,19-,20+/m0/s1. The molecular weight excluding hydrogens is 316 g/mol. The molecule has 2 aliphatic rings. The Morgan fingerprint density at radius 3 is 2.64 bits per heavy atom. The first kappa shape index (κ1) is 20.4. The quantitative estimate of drug-likeness (QED) is 0.354. The Labute approximate surface area is 153 Å². The molecule has 0 aliphatic carbocycles. The molecular formula is C21H36O4. The Morgan fingerprint density at radius 2 is 1.88 bits per heavy atom. The highest BCUT2D eigenvalue weighted by Gasteiger charge is 2.47. The Morgan fingerprint density at radius 1 is 1.08 bits per heavy atom. The average molecular weight is 353 g/mol. The van der Waals surface area contributed by atoms with Gasteiger partial charge in [-0.3, -0.25) is 4.79 Å². The number of fused-ring (bicyclic) bond motifs is 2. The molecule has 2 aliphatic heterocycles. The molecule has 2 bridgehead atoms. The van der Waals surface area contributed by atoms with Crippen molar-refractivity contribution in [1.82, 2.24) is 0 Å². The van der Waals surface area contributed by atoms with Crippen LogP contribution in [0.3, 0.4) is 0 Å². The summed E-state index contributed by atoms with van der Waals surface area (Å²) in [7, 11) is 0. The van der Waals surface area contributed by atoms with Gasteiger partial charge in [-0.15, -0.1) is 0 Å². The highest BCUT2D eigenvalue weighted by molar-refractivity contribution is 5.66. The third-order valence-electron chi connectivity index (χ3n) is 5.66. The molecule has 4 heteroatoms. The zero-order chi connectivity index (χ0) is 17.9. The van der Waals surface area contributed by atoms with Crippen LogP contribution in [0.2, 0.25) is 0 Å². The van der Waals surface area contributed by atoms with Crippen molar-refractivity contribution in [3.8, 4) is 0 Å². The van der Waals surface area contributed by atoms with Gasteiger partial charge < -0.3 is 14.6 Å². The normalized spacial score (nSPS) is 28.2. The van der Waals surface area contributed by atoms with Gasteiger partial charge in [0.25, 0.3) is 0 Å². The largest absolute Gasteiger partial charge is 0.481 e. The average Bonchev–Trinajstić information content (AvgIpc) is 3.19. The molecule has 0 amide bonds. The van der Waals surface area contributed by atoms with Gasteiger partial charge in [0.2, 0.25) is 0 Å². The fourth-order valence-corrected chi connectivity index (χ4v) is 4.29. The second-order valence-electron chi connectivity index (χ2n) is 7.57. The van der Waals surface area contributed by atoms with Gasteiger partial charge in [-0.05, 0) is 56.8 Å². The second-order valence-corrected chi connectivity index (χ2v) is 7.57. The van der Waals surface area contributed by atoms with Crippen LogP contribution in [0.1, 0.15) is 77.6 Å². The van der Waals surface area contributed by atoms with E-state index in [9.17, 15) is 4.79 Å². The first-order chi connectivity index (χ1) is 12.2. The molecule has 2 saturated heterocycles. The zero-order valence-corrected chi connectivity index (χ0v) is 15.8. The number of aliphatic carboxylic acids is 1. The summed E-state index contributed by atoms with van der Waals surface area (Å²) in [6.07, 6.45) is 16.8. The van der Waals surface area contributed by atoms with Crippen LogP contribution in [0.25, 0.3) is 0 Å². The lowest BCUT2D eigenvalue weighted by atomic mass is 9.76. The maximum atomic E-state index is 10.5. The van der Waals surface area contributed by atoms with E-state index in [1.165, 1.54) is 38.5 Å². The number of carbonyl (C=O) groups is 1. The highest BCUT2D eigenvalue weighted by atomic mass is 16.5. The van der Waals surface area contributed by atoms with Crippen LogP contribution in [0, 0.1) is 11.8 Å². The van der Waals surface area contributed by atoms with Crippen LogP contribution in [0.4, 0.5) is 0 Å². The fraction of sp³-hybridized carbons (Fsp3) is 0.857. The summed E-state index contributed by atoms with van der Waals surface area (Å²) < 4.78 is 12.0. The molecule has 2 rings (SSSR count). The SMILES string of the molecule is CCCCCCOCC[C@@H]1[C@H](CC=CCCCC(=O)O)[C@@H]2CC[C@H]1O2. The number of rotatable bonds is 14. The fourth-order valence-electron chi connectivity index (χ4n) is 4.29. The van der Waals surface area contributed by atoms with Crippen molar-refractivity contribution in [3.63, 3.8) is 0 Å². The van der Waals surface area contributed by atoms with Gasteiger partial charge in [0.15, 0.2) is 0 Å². The van der Waals surface area contributed by atoms with Gasteiger partial charge >= 0.3 is 5.97 Å². The Kier molecular flexibility index (Phi) is 9.56. The Balaban J connectivity index is 1.63. The zero-order valence-electron chi connectivity index (χ0n) is 15.8. The highest BCUT2D eigenvalue weighted by Crippen LogP contribution is 2.46. The van der Waals surface area contributed by atoms with Crippen LogP contribution in [-0.4, -0.2) is 36.5 Å². The molecule has 0 aromatic carbocycles. The Bertz CT molecular complexity index is 407. The van der Waals surface area contributed by atoms with Crippen molar-refractivity contribution in [1.29, 1.82) is 0 Å². The lowest BCUT2D eigenvalue weighted by molar-refractivity contribution is -0.137. The summed E-state index contributed by atoms with van der Waals surface area (Å²) in [6, 6.07) is 0. The van der Waals surface area contributed by atoms with Crippen molar-refractivity contribution >= 4 is 5.97 Å². The second kappa shape index (κ2) is 11.7. The van der Waals surface area contributed by atoms with Crippen LogP contribution in [0.15, 0.2) is 12.2 Å². The van der Waals surface area contributed by atoms with E-state index in [-0.39, 0.29) is 6.42 Å². The number of carboxylic acid groups (broad SMARTS) is 1. The Hall–Kier alpha value is -0.870. The number of carboxylic acids is 1. The van der Waals surface area contributed by atoms with Crippen LogP contribution in [-0.2, 0) is 14.3 Å². The first-order valence-electron chi connectivity index (χ1n) is 10.3. The molecule has 0 spiro atoms. The van der Waals surface area contributed by atoms with Crippen molar-refractivity contribution in [2.24, 2.45) is 11.8 Å². The van der Waals surface area contributed by atoms with Gasteiger partial charge in [-0.2, -0.15) is 0 Å². The summed E-state index contributed by atoms with van der Waals surface area (Å²) in [4.78, 5) is 10.5. The number of unbranched alkanes of at least 4 members (excludes halogenated alkanes) is 4. The van der Waals surface area contributed by atoms with E-state index in [4.69, 9.17) is 14.6 Å². The maximum absolute atomic E-state index is 10.5. The number of ether oxygens (including phenoxy) is 2. The van der Waals surface area contributed by atoms with E-state index in [1.54, 1.807) is 0 Å². The summed E-state index contributed by atoms with van der Waals surface area (Å²) in [5.74, 6) is 0.556. The summed E-state index contributed by atoms with van der Waals surface area (Å²) >= 11 is 0. The van der Waals surface area contributed by atoms with Crippen LogP contribution >= 0.6 is 0 Å². The summed E-state index contributed by atoms with van der Waals surface area (Å²) in [5.41, 5.74) is 0. The number of hydrogen-bond acceptors (Lipinski definition) is 3. The van der Waals surface area contributed by atoms with Crippen molar-refractivity contribution in [2.75, 3.05) is 13.2 Å².